The minimum atomic E-state index is -0.423. The highest BCUT2D eigenvalue weighted by Gasteiger charge is 2.22. The van der Waals surface area contributed by atoms with E-state index in [2.05, 4.69) is 23.7 Å². The molecule has 0 fully saturated rings. The molecule has 0 saturated heterocycles. The minimum Gasteiger partial charge on any atom is -0.386 e. The van der Waals surface area contributed by atoms with E-state index in [0.29, 0.717) is 6.04 Å². The molecule has 4 heteroatoms. The maximum atomic E-state index is 9.48. The largest absolute Gasteiger partial charge is 0.386 e. The SMILES string of the molecule is CC(O)c1nc2c(s1)CN(C(C)C)CC2. The van der Waals surface area contributed by atoms with Crippen LogP contribution in [0, 0.1) is 0 Å². The molecule has 2 heterocycles. The summed E-state index contributed by atoms with van der Waals surface area (Å²) >= 11 is 1.66. The van der Waals surface area contributed by atoms with E-state index in [0.717, 1.165) is 24.5 Å². The summed E-state index contributed by atoms with van der Waals surface area (Å²) in [6.07, 6.45) is 0.601. The molecular formula is C11H18N2OS. The standard InChI is InChI=1S/C11H18N2OS/c1-7(2)13-5-4-9-10(6-13)15-11(12-9)8(3)14/h7-8,14H,4-6H2,1-3H3. The van der Waals surface area contributed by atoms with Crippen LogP contribution in [-0.4, -0.2) is 27.6 Å². The van der Waals surface area contributed by atoms with Gasteiger partial charge in [0.1, 0.15) is 11.1 Å². The number of rotatable bonds is 2. The third kappa shape index (κ3) is 2.22. The summed E-state index contributed by atoms with van der Waals surface area (Å²) in [5.74, 6) is 0. The van der Waals surface area contributed by atoms with Gasteiger partial charge in [0.05, 0.1) is 5.69 Å². The first-order valence-electron chi connectivity index (χ1n) is 5.48. The third-order valence-corrected chi connectivity index (χ3v) is 4.12. The number of fused-ring (bicyclic) bond motifs is 1. The van der Waals surface area contributed by atoms with Gasteiger partial charge in [0, 0.05) is 30.4 Å². The summed E-state index contributed by atoms with van der Waals surface area (Å²) in [6, 6.07) is 0.593. The Labute approximate surface area is 94.8 Å². The van der Waals surface area contributed by atoms with Crippen molar-refractivity contribution in [1.82, 2.24) is 9.88 Å². The van der Waals surface area contributed by atoms with E-state index in [1.807, 2.05) is 0 Å². The van der Waals surface area contributed by atoms with Crippen molar-refractivity contribution in [3.63, 3.8) is 0 Å². The second-order valence-corrected chi connectivity index (χ2v) is 5.53. The van der Waals surface area contributed by atoms with Crippen LogP contribution in [0.15, 0.2) is 0 Å². The second kappa shape index (κ2) is 4.20. The lowest BCUT2D eigenvalue weighted by Crippen LogP contribution is -2.35. The van der Waals surface area contributed by atoms with Crippen LogP contribution >= 0.6 is 11.3 Å². The maximum Gasteiger partial charge on any atom is 0.122 e. The number of thiazole rings is 1. The minimum absolute atomic E-state index is 0.423. The number of hydrogen-bond donors (Lipinski definition) is 1. The monoisotopic (exact) mass is 226 g/mol. The maximum absolute atomic E-state index is 9.48. The zero-order chi connectivity index (χ0) is 11.0. The van der Waals surface area contributed by atoms with Gasteiger partial charge in [0.25, 0.3) is 0 Å². The molecule has 0 bridgehead atoms. The summed E-state index contributed by atoms with van der Waals surface area (Å²) in [4.78, 5) is 8.28. The molecule has 2 rings (SSSR count). The first-order chi connectivity index (χ1) is 7.08. The first kappa shape index (κ1) is 11.0. The van der Waals surface area contributed by atoms with Crippen LogP contribution in [0.3, 0.4) is 0 Å². The molecule has 3 nitrogen and oxygen atoms in total. The first-order valence-corrected chi connectivity index (χ1v) is 6.30. The van der Waals surface area contributed by atoms with Crippen LogP contribution in [0.5, 0.6) is 0 Å². The molecule has 1 aliphatic rings. The predicted octanol–water partition coefficient (Wildman–Crippen LogP) is 1.96. The zero-order valence-electron chi connectivity index (χ0n) is 9.53. The molecule has 1 atom stereocenters. The topological polar surface area (TPSA) is 36.4 Å². The normalized spacial score (nSPS) is 19.3. The number of aliphatic hydroxyl groups excluding tert-OH is 1. The Kier molecular flexibility index (Phi) is 3.09. The van der Waals surface area contributed by atoms with Crippen LogP contribution in [0.2, 0.25) is 0 Å². The van der Waals surface area contributed by atoms with E-state index in [1.165, 1.54) is 10.6 Å². The zero-order valence-corrected chi connectivity index (χ0v) is 10.3. The van der Waals surface area contributed by atoms with Crippen molar-refractivity contribution in [2.75, 3.05) is 6.54 Å². The van der Waals surface area contributed by atoms with Crippen LogP contribution in [0.1, 0.15) is 42.5 Å². The van der Waals surface area contributed by atoms with Crippen molar-refractivity contribution in [3.8, 4) is 0 Å². The fourth-order valence-corrected chi connectivity index (χ4v) is 2.93. The molecule has 0 aliphatic carbocycles. The molecule has 1 unspecified atom stereocenters. The van der Waals surface area contributed by atoms with Gasteiger partial charge < -0.3 is 5.11 Å². The van der Waals surface area contributed by atoms with Gasteiger partial charge in [-0.2, -0.15) is 0 Å². The Morgan fingerprint density at radius 2 is 2.13 bits per heavy atom. The number of hydrogen-bond acceptors (Lipinski definition) is 4. The van der Waals surface area contributed by atoms with Crippen LogP contribution in [-0.2, 0) is 13.0 Å². The van der Waals surface area contributed by atoms with Crippen molar-refractivity contribution in [2.24, 2.45) is 0 Å². The third-order valence-electron chi connectivity index (χ3n) is 2.86. The van der Waals surface area contributed by atoms with E-state index in [4.69, 9.17) is 0 Å². The number of aliphatic hydroxyl groups is 1. The van der Waals surface area contributed by atoms with Crippen molar-refractivity contribution in [3.05, 3.63) is 15.6 Å². The van der Waals surface area contributed by atoms with Crippen LogP contribution in [0.4, 0.5) is 0 Å². The van der Waals surface area contributed by atoms with Crippen molar-refractivity contribution < 1.29 is 5.11 Å². The average Bonchev–Trinajstić information content (AvgIpc) is 2.59. The Morgan fingerprint density at radius 1 is 1.40 bits per heavy atom. The Bertz CT molecular complexity index is 346. The molecule has 15 heavy (non-hydrogen) atoms. The van der Waals surface area contributed by atoms with Crippen molar-refractivity contribution >= 4 is 11.3 Å². The van der Waals surface area contributed by atoms with E-state index >= 15 is 0 Å². The van der Waals surface area contributed by atoms with Gasteiger partial charge in [-0.25, -0.2) is 4.98 Å². The summed E-state index contributed by atoms with van der Waals surface area (Å²) in [6.45, 7) is 8.32. The summed E-state index contributed by atoms with van der Waals surface area (Å²) in [7, 11) is 0. The Hall–Kier alpha value is -0.450. The fraction of sp³-hybridized carbons (Fsp3) is 0.727. The smallest absolute Gasteiger partial charge is 0.122 e. The Balaban J connectivity index is 2.19. The van der Waals surface area contributed by atoms with Crippen LogP contribution in [0.25, 0.3) is 0 Å². The van der Waals surface area contributed by atoms with Gasteiger partial charge in [-0.05, 0) is 20.8 Å². The highest BCUT2D eigenvalue weighted by molar-refractivity contribution is 7.11. The van der Waals surface area contributed by atoms with E-state index in [-0.39, 0.29) is 0 Å². The molecule has 1 aromatic heterocycles. The fourth-order valence-electron chi connectivity index (χ4n) is 1.85. The van der Waals surface area contributed by atoms with Gasteiger partial charge in [-0.15, -0.1) is 11.3 Å². The summed E-state index contributed by atoms with van der Waals surface area (Å²) in [5.41, 5.74) is 1.20. The van der Waals surface area contributed by atoms with E-state index in [1.54, 1.807) is 18.3 Å². The van der Waals surface area contributed by atoms with Crippen molar-refractivity contribution in [2.45, 2.75) is 45.9 Å². The van der Waals surface area contributed by atoms with Gasteiger partial charge in [-0.3, -0.25) is 4.90 Å². The summed E-state index contributed by atoms with van der Waals surface area (Å²) < 4.78 is 0. The van der Waals surface area contributed by atoms with E-state index in [9.17, 15) is 5.11 Å². The van der Waals surface area contributed by atoms with Gasteiger partial charge in [0.15, 0.2) is 0 Å². The lowest BCUT2D eigenvalue weighted by Gasteiger charge is -2.29. The average molecular weight is 226 g/mol. The Morgan fingerprint density at radius 3 is 2.73 bits per heavy atom. The quantitative estimate of drug-likeness (QED) is 0.837. The molecule has 0 spiro atoms. The van der Waals surface area contributed by atoms with E-state index < -0.39 is 6.10 Å². The molecule has 1 aliphatic heterocycles. The van der Waals surface area contributed by atoms with Crippen molar-refractivity contribution in [1.29, 1.82) is 0 Å². The molecule has 0 saturated carbocycles. The highest BCUT2D eigenvalue weighted by atomic mass is 32.1. The highest BCUT2D eigenvalue weighted by Crippen LogP contribution is 2.28. The number of aromatic nitrogens is 1. The van der Waals surface area contributed by atoms with Gasteiger partial charge in [0.2, 0.25) is 0 Å². The van der Waals surface area contributed by atoms with Crippen LogP contribution < -0.4 is 0 Å². The molecule has 0 radical (unpaired) electrons. The predicted molar refractivity (Wildman–Crippen MR) is 62.0 cm³/mol. The molecule has 0 aromatic carbocycles. The molecule has 1 aromatic rings. The number of nitrogens with zero attached hydrogens (tertiary/aromatic N) is 2. The van der Waals surface area contributed by atoms with Gasteiger partial charge >= 0.3 is 0 Å². The lowest BCUT2D eigenvalue weighted by molar-refractivity contribution is 0.197. The molecular weight excluding hydrogens is 208 g/mol. The molecule has 0 amide bonds. The second-order valence-electron chi connectivity index (χ2n) is 4.41. The molecule has 1 N–H and O–H groups in total. The molecule has 84 valence electrons. The van der Waals surface area contributed by atoms with Gasteiger partial charge in [-0.1, -0.05) is 0 Å². The lowest BCUT2D eigenvalue weighted by atomic mass is 10.1. The summed E-state index contributed by atoms with van der Waals surface area (Å²) in [5, 5.41) is 10.3.